The highest BCUT2D eigenvalue weighted by atomic mass is 19.4. The van der Waals surface area contributed by atoms with Crippen LogP contribution in [0.2, 0.25) is 0 Å². The number of hydrogen-bond donors (Lipinski definition) is 0. The van der Waals surface area contributed by atoms with Crippen molar-refractivity contribution < 1.29 is 18.0 Å². The Bertz CT molecular complexity index is 1350. The van der Waals surface area contributed by atoms with Crippen LogP contribution in [0.3, 0.4) is 0 Å². The SMILES string of the molecule is CN(CCc1ccccn1)C(=O)c1cc2nc3c(c(C(F)(F)F)n2n1)CCc1ccccc1-3. The Labute approximate surface area is 187 Å². The number of alkyl halides is 3. The number of fused-ring (bicyclic) bond motifs is 4. The number of hydrogen-bond acceptors (Lipinski definition) is 4. The molecule has 0 N–H and O–H groups in total. The van der Waals surface area contributed by atoms with E-state index in [4.69, 9.17) is 0 Å². The molecular formula is C24H20F3N5O. The van der Waals surface area contributed by atoms with E-state index in [1.807, 2.05) is 24.3 Å². The van der Waals surface area contributed by atoms with E-state index < -0.39 is 17.8 Å². The van der Waals surface area contributed by atoms with E-state index in [0.717, 1.165) is 15.8 Å². The third-order valence-corrected chi connectivity index (χ3v) is 5.88. The molecule has 0 fully saturated rings. The number of amides is 1. The van der Waals surface area contributed by atoms with Gasteiger partial charge in [-0.3, -0.25) is 9.78 Å². The number of rotatable bonds is 4. The maximum Gasteiger partial charge on any atom is 0.433 e. The summed E-state index contributed by atoms with van der Waals surface area (Å²) >= 11 is 0. The highest BCUT2D eigenvalue weighted by Crippen LogP contribution is 2.40. The number of aryl methyl sites for hydroxylation is 1. The van der Waals surface area contributed by atoms with Crippen molar-refractivity contribution in [2.75, 3.05) is 13.6 Å². The van der Waals surface area contributed by atoms with Crippen LogP contribution in [0, 0.1) is 0 Å². The van der Waals surface area contributed by atoms with Crippen molar-refractivity contribution in [2.24, 2.45) is 0 Å². The number of carbonyl (C=O) groups excluding carboxylic acids is 1. The summed E-state index contributed by atoms with van der Waals surface area (Å²) in [5.41, 5.74) is 1.94. The molecule has 5 rings (SSSR count). The van der Waals surface area contributed by atoms with E-state index in [1.54, 1.807) is 31.4 Å². The second-order valence-corrected chi connectivity index (χ2v) is 8.04. The Kier molecular flexibility index (Phi) is 5.11. The maximum absolute atomic E-state index is 14.2. The van der Waals surface area contributed by atoms with Crippen molar-refractivity contribution in [3.63, 3.8) is 0 Å². The van der Waals surface area contributed by atoms with Gasteiger partial charge in [-0.15, -0.1) is 0 Å². The summed E-state index contributed by atoms with van der Waals surface area (Å²) in [7, 11) is 1.59. The minimum absolute atomic E-state index is 0.000691. The van der Waals surface area contributed by atoms with Gasteiger partial charge in [-0.1, -0.05) is 30.3 Å². The fraction of sp³-hybridized carbons (Fsp3) is 0.250. The first-order valence-corrected chi connectivity index (χ1v) is 10.6. The van der Waals surface area contributed by atoms with Gasteiger partial charge < -0.3 is 4.90 Å². The van der Waals surface area contributed by atoms with E-state index in [-0.39, 0.29) is 23.3 Å². The fourth-order valence-corrected chi connectivity index (χ4v) is 4.25. The number of benzene rings is 1. The molecular weight excluding hydrogens is 431 g/mol. The summed E-state index contributed by atoms with van der Waals surface area (Å²) in [6, 6.07) is 14.2. The number of halogens is 3. The maximum atomic E-state index is 14.2. The van der Waals surface area contributed by atoms with Crippen LogP contribution < -0.4 is 0 Å². The van der Waals surface area contributed by atoms with Gasteiger partial charge in [-0.2, -0.15) is 18.3 Å². The predicted molar refractivity (Wildman–Crippen MR) is 116 cm³/mol. The lowest BCUT2D eigenvalue weighted by molar-refractivity contribution is -0.143. The zero-order valence-corrected chi connectivity index (χ0v) is 17.8. The molecule has 6 nitrogen and oxygen atoms in total. The Balaban J connectivity index is 1.54. The Morgan fingerprint density at radius 2 is 1.91 bits per heavy atom. The Hall–Kier alpha value is -3.75. The lowest BCUT2D eigenvalue weighted by Gasteiger charge is -2.23. The average molecular weight is 451 g/mol. The Morgan fingerprint density at radius 1 is 1.12 bits per heavy atom. The van der Waals surface area contributed by atoms with Crippen molar-refractivity contribution in [2.45, 2.75) is 25.4 Å². The number of nitrogens with zero attached hydrogens (tertiary/aromatic N) is 5. The fourth-order valence-electron chi connectivity index (χ4n) is 4.25. The molecule has 3 aromatic heterocycles. The second-order valence-electron chi connectivity index (χ2n) is 8.04. The first-order valence-electron chi connectivity index (χ1n) is 10.6. The minimum atomic E-state index is -4.64. The summed E-state index contributed by atoms with van der Waals surface area (Å²) < 4.78 is 43.3. The third kappa shape index (κ3) is 3.83. The van der Waals surface area contributed by atoms with E-state index in [0.29, 0.717) is 30.6 Å². The van der Waals surface area contributed by atoms with Crippen LogP contribution in [-0.4, -0.2) is 44.0 Å². The van der Waals surface area contributed by atoms with E-state index >= 15 is 0 Å². The highest BCUT2D eigenvalue weighted by molar-refractivity contribution is 5.93. The molecule has 168 valence electrons. The van der Waals surface area contributed by atoms with Crippen molar-refractivity contribution >= 4 is 11.6 Å². The van der Waals surface area contributed by atoms with Crippen LogP contribution in [0.1, 0.15) is 33.0 Å². The summed E-state index contributed by atoms with van der Waals surface area (Å²) in [5.74, 6) is -0.470. The monoisotopic (exact) mass is 451 g/mol. The number of aromatic nitrogens is 4. The van der Waals surface area contributed by atoms with Crippen LogP contribution in [0.5, 0.6) is 0 Å². The summed E-state index contributed by atoms with van der Waals surface area (Å²) in [6.45, 7) is 0.354. The summed E-state index contributed by atoms with van der Waals surface area (Å²) in [6.07, 6.45) is -1.76. The van der Waals surface area contributed by atoms with Gasteiger partial charge in [0, 0.05) is 49.1 Å². The van der Waals surface area contributed by atoms with E-state index in [9.17, 15) is 18.0 Å². The lowest BCUT2D eigenvalue weighted by Crippen LogP contribution is -2.29. The molecule has 4 aromatic rings. The molecule has 1 aromatic carbocycles. The Morgan fingerprint density at radius 3 is 2.67 bits per heavy atom. The molecule has 1 amide bonds. The lowest BCUT2D eigenvalue weighted by atomic mass is 9.88. The molecule has 1 aliphatic rings. The number of carbonyl (C=O) groups is 1. The predicted octanol–water partition coefficient (Wildman–Crippen LogP) is 4.22. The first-order chi connectivity index (χ1) is 15.8. The topological polar surface area (TPSA) is 63.4 Å². The molecule has 0 aliphatic heterocycles. The largest absolute Gasteiger partial charge is 0.433 e. The summed E-state index contributed by atoms with van der Waals surface area (Å²) in [5, 5.41) is 4.05. The van der Waals surface area contributed by atoms with Gasteiger partial charge in [0.25, 0.3) is 5.91 Å². The quantitative estimate of drug-likeness (QED) is 0.466. The van der Waals surface area contributed by atoms with Gasteiger partial charge in [0.2, 0.25) is 0 Å². The second kappa shape index (κ2) is 7.99. The van der Waals surface area contributed by atoms with Gasteiger partial charge in [0.15, 0.2) is 17.0 Å². The molecule has 0 unspecified atom stereocenters. The van der Waals surface area contributed by atoms with Crippen molar-refractivity contribution in [1.82, 2.24) is 24.5 Å². The van der Waals surface area contributed by atoms with Gasteiger partial charge in [-0.05, 0) is 30.5 Å². The molecule has 3 heterocycles. The molecule has 0 saturated heterocycles. The third-order valence-electron chi connectivity index (χ3n) is 5.88. The molecule has 0 saturated carbocycles. The van der Waals surface area contributed by atoms with Crippen LogP contribution in [0.25, 0.3) is 16.9 Å². The molecule has 0 bridgehead atoms. The first kappa shape index (κ1) is 21.1. The van der Waals surface area contributed by atoms with Gasteiger partial charge in [-0.25, -0.2) is 9.50 Å². The van der Waals surface area contributed by atoms with Crippen molar-refractivity contribution in [3.05, 3.63) is 82.9 Å². The average Bonchev–Trinajstić information content (AvgIpc) is 3.23. The molecule has 0 atom stereocenters. The number of pyridine rings is 1. The smallest absolute Gasteiger partial charge is 0.340 e. The molecule has 0 spiro atoms. The number of likely N-dealkylation sites (N-methyl/N-ethyl adjacent to an activating group) is 1. The van der Waals surface area contributed by atoms with Gasteiger partial charge in [0.1, 0.15) is 0 Å². The van der Waals surface area contributed by atoms with E-state index in [2.05, 4.69) is 15.1 Å². The normalized spacial score (nSPS) is 13.0. The summed E-state index contributed by atoms with van der Waals surface area (Å²) in [4.78, 5) is 23.1. The van der Waals surface area contributed by atoms with Gasteiger partial charge >= 0.3 is 6.18 Å². The minimum Gasteiger partial charge on any atom is -0.340 e. The van der Waals surface area contributed by atoms with Crippen LogP contribution in [-0.2, 0) is 25.4 Å². The zero-order chi connectivity index (χ0) is 23.2. The van der Waals surface area contributed by atoms with Crippen LogP contribution >= 0.6 is 0 Å². The van der Waals surface area contributed by atoms with E-state index in [1.165, 1.54) is 11.0 Å². The van der Waals surface area contributed by atoms with Crippen LogP contribution in [0.15, 0.2) is 54.7 Å². The van der Waals surface area contributed by atoms with Crippen molar-refractivity contribution in [3.8, 4) is 11.3 Å². The standard InChI is InChI=1S/C24H20F3N5O/c1-31(13-11-16-7-4-5-12-28-16)23(33)19-14-20-29-21-17-8-3-2-6-15(17)9-10-18(21)22(24(25,26)27)32(20)30-19/h2-8,12,14H,9-11,13H2,1H3. The molecule has 1 aliphatic carbocycles. The molecule has 0 radical (unpaired) electrons. The van der Waals surface area contributed by atoms with Crippen molar-refractivity contribution in [1.29, 1.82) is 0 Å². The molecule has 9 heteroatoms. The highest BCUT2D eigenvalue weighted by Gasteiger charge is 2.40. The van der Waals surface area contributed by atoms with Crippen LogP contribution in [0.4, 0.5) is 13.2 Å². The zero-order valence-electron chi connectivity index (χ0n) is 17.8. The van der Waals surface area contributed by atoms with Gasteiger partial charge in [0.05, 0.1) is 5.69 Å². The molecule has 33 heavy (non-hydrogen) atoms.